The molecular formula is C19H21F2N5O. The zero-order chi connectivity index (χ0) is 19.0. The monoisotopic (exact) mass is 373 g/mol. The fourth-order valence-corrected chi connectivity index (χ4v) is 3.48. The number of halogens is 2. The normalized spacial score (nSPS) is 17.7. The number of alkyl halides is 1. The Bertz CT molecular complexity index is 980. The van der Waals surface area contributed by atoms with E-state index in [2.05, 4.69) is 15.4 Å². The van der Waals surface area contributed by atoms with Gasteiger partial charge in [0.15, 0.2) is 5.69 Å². The number of H-pyrrole nitrogens is 1. The number of rotatable bonds is 5. The number of aromatic amines is 1. The van der Waals surface area contributed by atoms with Crippen LogP contribution in [0, 0.1) is 5.82 Å². The van der Waals surface area contributed by atoms with Crippen LogP contribution >= 0.6 is 0 Å². The molecule has 3 heterocycles. The molecule has 1 saturated heterocycles. The molecule has 6 nitrogen and oxygen atoms in total. The van der Waals surface area contributed by atoms with E-state index in [4.69, 9.17) is 0 Å². The Morgan fingerprint density at radius 3 is 3.00 bits per heavy atom. The van der Waals surface area contributed by atoms with Crippen molar-refractivity contribution in [3.63, 3.8) is 0 Å². The van der Waals surface area contributed by atoms with Crippen LogP contribution in [0.3, 0.4) is 0 Å². The first-order chi connectivity index (χ1) is 13.0. The van der Waals surface area contributed by atoms with Crippen molar-refractivity contribution in [3.8, 4) is 11.4 Å². The number of carbonyl (C=O) groups excluding carboxylic acids is 1. The van der Waals surface area contributed by atoms with Gasteiger partial charge in [-0.15, -0.1) is 0 Å². The van der Waals surface area contributed by atoms with Gasteiger partial charge in [-0.3, -0.25) is 14.4 Å². The van der Waals surface area contributed by atoms with E-state index >= 15 is 0 Å². The second-order valence-corrected chi connectivity index (χ2v) is 6.90. The predicted molar refractivity (Wildman–Crippen MR) is 98.7 cm³/mol. The van der Waals surface area contributed by atoms with Gasteiger partial charge in [-0.1, -0.05) is 0 Å². The number of nitrogens with zero attached hydrogens (tertiary/aromatic N) is 3. The van der Waals surface area contributed by atoms with E-state index in [0.29, 0.717) is 31.7 Å². The largest absolute Gasteiger partial charge is 0.353 e. The predicted octanol–water partition coefficient (Wildman–Crippen LogP) is 2.48. The SMILES string of the molecule is Cn1nc(C(=O)NCCN2CC[C@@H](F)C2)cc1-c1cc2cc(F)ccc2[nH]1. The van der Waals surface area contributed by atoms with Crippen molar-refractivity contribution in [1.82, 2.24) is 25.0 Å². The number of amides is 1. The van der Waals surface area contributed by atoms with Gasteiger partial charge in [-0.25, -0.2) is 8.78 Å². The molecule has 1 fully saturated rings. The summed E-state index contributed by atoms with van der Waals surface area (Å²) in [6, 6.07) is 8.07. The summed E-state index contributed by atoms with van der Waals surface area (Å²) in [5.41, 5.74) is 2.62. The second kappa shape index (κ2) is 7.11. The lowest BCUT2D eigenvalue weighted by Crippen LogP contribution is -2.34. The molecule has 1 aliphatic heterocycles. The number of carbonyl (C=O) groups is 1. The van der Waals surface area contributed by atoms with E-state index < -0.39 is 6.17 Å². The summed E-state index contributed by atoms with van der Waals surface area (Å²) in [4.78, 5) is 17.6. The quantitative estimate of drug-likeness (QED) is 0.722. The molecule has 2 N–H and O–H groups in total. The van der Waals surface area contributed by atoms with Gasteiger partial charge in [0.1, 0.15) is 12.0 Å². The first-order valence-corrected chi connectivity index (χ1v) is 8.97. The van der Waals surface area contributed by atoms with Gasteiger partial charge in [-0.2, -0.15) is 5.10 Å². The lowest BCUT2D eigenvalue weighted by Gasteiger charge is -2.14. The smallest absolute Gasteiger partial charge is 0.271 e. The molecule has 27 heavy (non-hydrogen) atoms. The molecule has 0 radical (unpaired) electrons. The molecule has 4 rings (SSSR count). The second-order valence-electron chi connectivity index (χ2n) is 6.90. The number of hydrogen-bond acceptors (Lipinski definition) is 3. The molecule has 0 aliphatic carbocycles. The van der Waals surface area contributed by atoms with E-state index in [1.54, 1.807) is 23.9 Å². The van der Waals surface area contributed by atoms with Crippen LogP contribution in [0.4, 0.5) is 8.78 Å². The fourth-order valence-electron chi connectivity index (χ4n) is 3.48. The summed E-state index contributed by atoms with van der Waals surface area (Å²) in [6.45, 7) is 2.24. The van der Waals surface area contributed by atoms with Crippen LogP contribution in [0.15, 0.2) is 30.3 Å². The zero-order valence-corrected chi connectivity index (χ0v) is 15.0. The van der Waals surface area contributed by atoms with Gasteiger partial charge in [-0.05, 0) is 36.8 Å². The summed E-state index contributed by atoms with van der Waals surface area (Å²) in [7, 11) is 1.75. The van der Waals surface area contributed by atoms with Crippen molar-refractivity contribution in [2.45, 2.75) is 12.6 Å². The maximum Gasteiger partial charge on any atom is 0.271 e. The van der Waals surface area contributed by atoms with Crippen LogP contribution in [0.5, 0.6) is 0 Å². The lowest BCUT2D eigenvalue weighted by atomic mass is 10.2. The van der Waals surface area contributed by atoms with Crippen molar-refractivity contribution in [1.29, 1.82) is 0 Å². The van der Waals surface area contributed by atoms with E-state index in [-0.39, 0.29) is 11.7 Å². The Balaban J connectivity index is 1.44. The van der Waals surface area contributed by atoms with Gasteiger partial charge in [0.2, 0.25) is 0 Å². The minimum absolute atomic E-state index is 0.269. The van der Waals surface area contributed by atoms with Crippen molar-refractivity contribution >= 4 is 16.8 Å². The highest BCUT2D eigenvalue weighted by Gasteiger charge is 2.21. The molecule has 2 aromatic heterocycles. The van der Waals surface area contributed by atoms with Gasteiger partial charge in [0, 0.05) is 44.1 Å². The molecule has 1 atom stereocenters. The molecule has 0 bridgehead atoms. The number of benzene rings is 1. The summed E-state index contributed by atoms with van der Waals surface area (Å²) < 4.78 is 28.2. The Morgan fingerprint density at radius 1 is 1.37 bits per heavy atom. The van der Waals surface area contributed by atoms with Crippen LogP contribution in [0.1, 0.15) is 16.9 Å². The van der Waals surface area contributed by atoms with Crippen molar-refractivity contribution in [2.24, 2.45) is 7.05 Å². The molecule has 1 amide bonds. The molecule has 8 heteroatoms. The number of hydrogen-bond donors (Lipinski definition) is 2. The highest BCUT2D eigenvalue weighted by Crippen LogP contribution is 2.25. The molecular weight excluding hydrogens is 352 g/mol. The van der Waals surface area contributed by atoms with E-state index in [0.717, 1.165) is 28.8 Å². The molecule has 0 spiro atoms. The Hall–Kier alpha value is -2.74. The number of fused-ring (bicyclic) bond motifs is 1. The van der Waals surface area contributed by atoms with Crippen molar-refractivity contribution in [2.75, 3.05) is 26.2 Å². The maximum absolute atomic E-state index is 13.4. The highest BCUT2D eigenvalue weighted by atomic mass is 19.1. The number of aryl methyl sites for hydroxylation is 1. The Labute approximate surface area is 155 Å². The summed E-state index contributed by atoms with van der Waals surface area (Å²) >= 11 is 0. The van der Waals surface area contributed by atoms with Gasteiger partial charge >= 0.3 is 0 Å². The third kappa shape index (κ3) is 3.71. The average Bonchev–Trinajstić information content (AvgIpc) is 3.32. The highest BCUT2D eigenvalue weighted by molar-refractivity contribution is 5.94. The lowest BCUT2D eigenvalue weighted by molar-refractivity contribution is 0.0944. The molecule has 1 aromatic carbocycles. The zero-order valence-electron chi connectivity index (χ0n) is 15.0. The fraction of sp³-hybridized carbons (Fsp3) is 0.368. The molecule has 3 aromatic rings. The van der Waals surface area contributed by atoms with Gasteiger partial charge in [0.05, 0.1) is 11.4 Å². The minimum atomic E-state index is -0.760. The third-order valence-corrected chi connectivity index (χ3v) is 4.90. The Morgan fingerprint density at radius 2 is 2.22 bits per heavy atom. The van der Waals surface area contributed by atoms with Crippen LogP contribution in [-0.2, 0) is 7.05 Å². The van der Waals surface area contributed by atoms with Crippen LogP contribution in [-0.4, -0.2) is 57.9 Å². The van der Waals surface area contributed by atoms with Crippen LogP contribution in [0.25, 0.3) is 22.3 Å². The Kier molecular flexibility index (Phi) is 4.65. The van der Waals surface area contributed by atoms with E-state index in [1.165, 1.54) is 12.1 Å². The average molecular weight is 373 g/mol. The number of nitrogens with one attached hydrogen (secondary N) is 2. The molecule has 0 saturated carbocycles. The molecule has 142 valence electrons. The minimum Gasteiger partial charge on any atom is -0.353 e. The van der Waals surface area contributed by atoms with Crippen LogP contribution in [0.2, 0.25) is 0 Å². The van der Waals surface area contributed by atoms with Gasteiger partial charge < -0.3 is 10.3 Å². The summed E-state index contributed by atoms with van der Waals surface area (Å²) in [5, 5.41) is 7.86. The molecule has 1 aliphatic rings. The summed E-state index contributed by atoms with van der Waals surface area (Å²) in [5.74, 6) is -0.565. The third-order valence-electron chi connectivity index (χ3n) is 4.90. The van der Waals surface area contributed by atoms with Crippen molar-refractivity contribution in [3.05, 3.63) is 41.8 Å². The number of likely N-dealkylation sites (tertiary alicyclic amines) is 1. The van der Waals surface area contributed by atoms with E-state index in [1.807, 2.05) is 11.0 Å². The van der Waals surface area contributed by atoms with Gasteiger partial charge in [0.25, 0.3) is 5.91 Å². The standard InChI is InChI=1S/C19H21F2N5O/c1-25-18(16-9-12-8-13(20)2-3-15(12)23-16)10-17(24-25)19(27)22-5-7-26-6-4-14(21)11-26/h2-3,8-10,14,23H,4-7,11H2,1H3,(H,22,27)/t14-/m1/s1. The molecule has 0 unspecified atom stereocenters. The summed E-state index contributed by atoms with van der Waals surface area (Å²) in [6.07, 6.45) is -0.199. The van der Waals surface area contributed by atoms with Crippen molar-refractivity contribution < 1.29 is 13.6 Å². The topological polar surface area (TPSA) is 66.0 Å². The van der Waals surface area contributed by atoms with E-state index in [9.17, 15) is 13.6 Å². The number of aromatic nitrogens is 3. The first kappa shape index (κ1) is 17.7. The first-order valence-electron chi connectivity index (χ1n) is 8.97. The maximum atomic E-state index is 13.4. The van der Waals surface area contributed by atoms with Crippen LogP contribution < -0.4 is 5.32 Å².